The van der Waals surface area contributed by atoms with Gasteiger partial charge >= 0.3 is 5.97 Å². The number of benzene rings is 2. The van der Waals surface area contributed by atoms with E-state index >= 15 is 0 Å². The van der Waals surface area contributed by atoms with Crippen LogP contribution in [0.25, 0.3) is 0 Å². The molecule has 21 heavy (non-hydrogen) atoms. The minimum Gasteiger partial charge on any atom is -0.462 e. The molecule has 0 atom stereocenters. The molecule has 0 spiro atoms. The second-order valence-electron chi connectivity index (χ2n) is 4.65. The van der Waals surface area contributed by atoms with E-state index < -0.39 is 0 Å². The number of para-hydroxylation sites is 2. The molecule has 3 rings (SSSR count). The first-order chi connectivity index (χ1) is 10.3. The fraction of sp³-hybridized carbons (Fsp3) is 0.176. The van der Waals surface area contributed by atoms with Gasteiger partial charge in [-0.25, -0.2) is 4.79 Å². The molecule has 1 heterocycles. The predicted octanol–water partition coefficient (Wildman–Crippen LogP) is 2.98. The maximum absolute atomic E-state index is 11.9. The molecule has 2 aromatic rings. The summed E-state index contributed by atoms with van der Waals surface area (Å²) >= 11 is 0. The molecule has 1 aliphatic heterocycles. The van der Waals surface area contributed by atoms with Gasteiger partial charge in [0.1, 0.15) is 5.56 Å². The molecule has 0 aliphatic carbocycles. The number of carbonyl (C=O) groups excluding carboxylic acids is 1. The van der Waals surface area contributed by atoms with Gasteiger partial charge < -0.3 is 9.47 Å². The summed E-state index contributed by atoms with van der Waals surface area (Å²) in [5.74, 6) is 0.235. The van der Waals surface area contributed by atoms with Crippen LogP contribution in [0.5, 0.6) is 5.75 Å². The monoisotopic (exact) mass is 282 g/mol. The Morgan fingerprint density at radius 3 is 2.76 bits per heavy atom. The van der Waals surface area contributed by atoms with Gasteiger partial charge in [-0.2, -0.15) is 4.58 Å². The van der Waals surface area contributed by atoms with Gasteiger partial charge in [-0.15, -0.1) is 0 Å². The van der Waals surface area contributed by atoms with Crippen LogP contribution in [0.3, 0.4) is 0 Å². The quantitative estimate of drug-likeness (QED) is 0.641. The summed E-state index contributed by atoms with van der Waals surface area (Å²) in [6, 6.07) is 15.4. The molecule has 0 aromatic heterocycles. The molecule has 0 saturated carbocycles. The van der Waals surface area contributed by atoms with Gasteiger partial charge in [-0.1, -0.05) is 24.3 Å². The molecule has 0 N–H and O–H groups in total. The molecule has 0 unspecified atom stereocenters. The normalized spacial score (nSPS) is 12.9. The molecule has 0 bridgehead atoms. The van der Waals surface area contributed by atoms with Gasteiger partial charge in [0.2, 0.25) is 5.69 Å². The SMILES string of the molecule is CCOC(=O)c1cccc2c1OC[N+](c1ccccc1)=C2. The number of fused-ring (bicyclic) bond motifs is 1. The van der Waals surface area contributed by atoms with Crippen molar-refractivity contribution in [3.05, 3.63) is 59.7 Å². The molecule has 4 heteroatoms. The minimum absolute atomic E-state index is 0.350. The third-order valence-electron chi connectivity index (χ3n) is 3.27. The first-order valence-electron chi connectivity index (χ1n) is 6.89. The Morgan fingerprint density at radius 2 is 2.00 bits per heavy atom. The molecular weight excluding hydrogens is 266 g/mol. The van der Waals surface area contributed by atoms with Crippen molar-refractivity contribution in [1.29, 1.82) is 0 Å². The Hall–Kier alpha value is -2.62. The Balaban J connectivity index is 1.99. The lowest BCUT2D eigenvalue weighted by molar-refractivity contribution is -0.476. The third kappa shape index (κ3) is 2.65. The van der Waals surface area contributed by atoms with Gasteiger partial charge in [0.15, 0.2) is 12.0 Å². The highest BCUT2D eigenvalue weighted by molar-refractivity contribution is 5.96. The van der Waals surface area contributed by atoms with E-state index in [-0.39, 0.29) is 5.97 Å². The topological polar surface area (TPSA) is 38.5 Å². The number of hydrogen-bond donors (Lipinski definition) is 0. The molecule has 106 valence electrons. The largest absolute Gasteiger partial charge is 0.462 e. The van der Waals surface area contributed by atoms with Crippen LogP contribution in [0.1, 0.15) is 22.8 Å². The van der Waals surface area contributed by atoms with Crippen molar-refractivity contribution < 1.29 is 18.8 Å². The summed E-state index contributed by atoms with van der Waals surface area (Å²) in [5.41, 5.74) is 2.39. The van der Waals surface area contributed by atoms with Gasteiger partial charge in [0, 0.05) is 12.1 Å². The predicted molar refractivity (Wildman–Crippen MR) is 79.4 cm³/mol. The van der Waals surface area contributed by atoms with Crippen molar-refractivity contribution in [3.8, 4) is 5.75 Å². The van der Waals surface area contributed by atoms with Crippen LogP contribution >= 0.6 is 0 Å². The summed E-state index contributed by atoms with van der Waals surface area (Å²) in [6.45, 7) is 2.51. The van der Waals surface area contributed by atoms with E-state index in [0.29, 0.717) is 24.7 Å². The van der Waals surface area contributed by atoms with Crippen molar-refractivity contribution in [3.63, 3.8) is 0 Å². The van der Waals surface area contributed by atoms with Crippen molar-refractivity contribution in [2.24, 2.45) is 0 Å². The summed E-state index contributed by atoms with van der Waals surface area (Å²) < 4.78 is 12.8. The van der Waals surface area contributed by atoms with Crippen LogP contribution in [0, 0.1) is 0 Å². The maximum Gasteiger partial charge on any atom is 0.341 e. The van der Waals surface area contributed by atoms with E-state index in [1.807, 2.05) is 53.3 Å². The van der Waals surface area contributed by atoms with E-state index in [1.54, 1.807) is 13.0 Å². The van der Waals surface area contributed by atoms with Gasteiger partial charge in [-0.05, 0) is 19.1 Å². The summed E-state index contributed by atoms with van der Waals surface area (Å²) in [6.07, 6.45) is 1.98. The van der Waals surface area contributed by atoms with E-state index in [0.717, 1.165) is 11.3 Å². The van der Waals surface area contributed by atoms with Crippen molar-refractivity contribution >= 4 is 17.9 Å². The summed E-state index contributed by atoms with van der Waals surface area (Å²) in [4.78, 5) is 11.9. The zero-order valence-corrected chi connectivity index (χ0v) is 11.8. The van der Waals surface area contributed by atoms with Gasteiger partial charge in [0.25, 0.3) is 6.73 Å². The Labute approximate surface area is 123 Å². The van der Waals surface area contributed by atoms with E-state index in [4.69, 9.17) is 9.47 Å². The van der Waals surface area contributed by atoms with Crippen molar-refractivity contribution in [1.82, 2.24) is 0 Å². The summed E-state index contributed by atoms with van der Waals surface area (Å²) in [5, 5.41) is 0. The Bertz CT molecular complexity index is 692. The molecule has 0 amide bonds. The molecular formula is C17H16NO3+. The minimum atomic E-state index is -0.351. The second-order valence-corrected chi connectivity index (χ2v) is 4.65. The average Bonchev–Trinajstić information content (AvgIpc) is 2.55. The zero-order chi connectivity index (χ0) is 14.7. The molecule has 4 nitrogen and oxygen atoms in total. The number of nitrogens with zero attached hydrogens (tertiary/aromatic N) is 1. The van der Waals surface area contributed by atoms with Crippen LogP contribution in [0.4, 0.5) is 5.69 Å². The van der Waals surface area contributed by atoms with Crippen molar-refractivity contribution in [2.45, 2.75) is 6.92 Å². The maximum atomic E-state index is 11.9. The van der Waals surface area contributed by atoms with Crippen molar-refractivity contribution in [2.75, 3.05) is 13.3 Å². The highest BCUT2D eigenvalue weighted by Crippen LogP contribution is 2.27. The zero-order valence-electron chi connectivity index (χ0n) is 11.8. The molecule has 0 fully saturated rings. The first kappa shape index (κ1) is 13.4. The number of ether oxygens (including phenoxy) is 2. The number of rotatable bonds is 3. The lowest BCUT2D eigenvalue weighted by Crippen LogP contribution is -2.22. The summed E-state index contributed by atoms with van der Waals surface area (Å²) in [7, 11) is 0. The molecule has 2 aromatic carbocycles. The van der Waals surface area contributed by atoms with E-state index in [2.05, 4.69) is 0 Å². The van der Waals surface area contributed by atoms with Gasteiger partial charge in [-0.3, -0.25) is 0 Å². The van der Waals surface area contributed by atoms with E-state index in [9.17, 15) is 4.79 Å². The third-order valence-corrected chi connectivity index (χ3v) is 3.27. The van der Waals surface area contributed by atoms with Gasteiger partial charge in [0.05, 0.1) is 12.2 Å². The van der Waals surface area contributed by atoms with Crippen LogP contribution in [0.15, 0.2) is 48.5 Å². The highest BCUT2D eigenvalue weighted by atomic mass is 16.5. The smallest absolute Gasteiger partial charge is 0.341 e. The van der Waals surface area contributed by atoms with Crippen LogP contribution in [-0.4, -0.2) is 30.1 Å². The van der Waals surface area contributed by atoms with Crippen LogP contribution in [0.2, 0.25) is 0 Å². The first-order valence-corrected chi connectivity index (χ1v) is 6.89. The fourth-order valence-electron chi connectivity index (χ4n) is 2.30. The second kappa shape index (κ2) is 5.79. The Morgan fingerprint density at radius 1 is 1.19 bits per heavy atom. The lowest BCUT2D eigenvalue weighted by Gasteiger charge is -2.16. The fourth-order valence-corrected chi connectivity index (χ4v) is 2.30. The number of hydrogen-bond acceptors (Lipinski definition) is 3. The number of carbonyl (C=O) groups is 1. The van der Waals surface area contributed by atoms with Crippen LogP contribution < -0.4 is 4.74 Å². The highest BCUT2D eigenvalue weighted by Gasteiger charge is 2.24. The standard InChI is InChI=1S/C17H16NO3/c1-2-20-17(19)15-10-6-7-13-11-18(12-21-16(13)15)14-8-4-3-5-9-14/h3-11H,2,12H2,1H3/q+1. The molecule has 0 saturated heterocycles. The molecule has 1 aliphatic rings. The molecule has 0 radical (unpaired) electrons. The number of esters is 1. The van der Waals surface area contributed by atoms with Crippen LogP contribution in [-0.2, 0) is 4.74 Å². The Kier molecular flexibility index (Phi) is 3.69. The van der Waals surface area contributed by atoms with E-state index in [1.165, 1.54) is 0 Å². The average molecular weight is 282 g/mol. The lowest BCUT2D eigenvalue weighted by atomic mass is 10.1.